The number of rotatable bonds is 4. The average molecular weight is 339 g/mol. The Hall–Kier alpha value is -1.44. The zero-order valence-electron chi connectivity index (χ0n) is 14.2. The number of nitrogens with two attached hydrogens (primary N) is 1. The lowest BCUT2D eigenvalue weighted by molar-refractivity contribution is -0.123. The van der Waals surface area contributed by atoms with E-state index in [2.05, 4.69) is 0 Å². The van der Waals surface area contributed by atoms with E-state index in [4.69, 9.17) is 5.73 Å². The van der Waals surface area contributed by atoms with Crippen LogP contribution in [0.5, 0.6) is 0 Å². The molecular formula is C16H25N3O3S. The first-order chi connectivity index (χ1) is 10.6. The number of sulfonamides is 1. The van der Waals surface area contributed by atoms with Gasteiger partial charge in [0.05, 0.1) is 10.9 Å². The molecule has 0 saturated carbocycles. The zero-order valence-corrected chi connectivity index (χ0v) is 15.0. The topological polar surface area (TPSA) is 83.7 Å². The summed E-state index contributed by atoms with van der Waals surface area (Å²) in [5.41, 5.74) is 7.92. The van der Waals surface area contributed by atoms with Crippen LogP contribution in [0.2, 0.25) is 0 Å². The van der Waals surface area contributed by atoms with Crippen LogP contribution < -0.4 is 5.73 Å². The van der Waals surface area contributed by atoms with Crippen LogP contribution in [-0.2, 0) is 14.8 Å². The van der Waals surface area contributed by atoms with E-state index in [9.17, 15) is 13.2 Å². The van der Waals surface area contributed by atoms with Crippen molar-refractivity contribution in [3.05, 3.63) is 28.8 Å². The largest absolute Gasteiger partial charge is 0.368 e. The lowest BCUT2D eigenvalue weighted by atomic mass is 10.1. The van der Waals surface area contributed by atoms with Crippen LogP contribution in [0.25, 0.3) is 0 Å². The van der Waals surface area contributed by atoms with Crippen molar-refractivity contribution < 1.29 is 13.2 Å². The van der Waals surface area contributed by atoms with Gasteiger partial charge in [-0.15, -0.1) is 0 Å². The van der Waals surface area contributed by atoms with E-state index >= 15 is 0 Å². The summed E-state index contributed by atoms with van der Waals surface area (Å²) in [6, 6.07) is 3.42. The van der Waals surface area contributed by atoms with Gasteiger partial charge in [0.15, 0.2) is 0 Å². The van der Waals surface area contributed by atoms with Gasteiger partial charge < -0.3 is 5.73 Å². The van der Waals surface area contributed by atoms with Gasteiger partial charge in [-0.2, -0.15) is 4.31 Å². The average Bonchev–Trinajstić information content (AvgIpc) is 2.45. The van der Waals surface area contributed by atoms with Crippen molar-refractivity contribution in [3.8, 4) is 0 Å². The third kappa shape index (κ3) is 3.57. The zero-order chi connectivity index (χ0) is 17.4. The molecule has 0 aliphatic carbocycles. The Balaban J connectivity index is 2.22. The summed E-state index contributed by atoms with van der Waals surface area (Å²) < 4.78 is 27.4. The SMILES string of the molecule is Cc1cc(C)c(S(=O)(=O)N2CCN(C(C)C(N)=O)CC2)c(C)c1. The number of amides is 1. The molecule has 6 nitrogen and oxygen atoms in total. The standard InChI is InChI=1S/C16H25N3O3S/c1-11-9-12(2)15(13(3)10-11)23(21,22)19-7-5-18(6-8-19)14(4)16(17)20/h9-10,14H,5-8H2,1-4H3,(H2,17,20). The molecular weight excluding hydrogens is 314 g/mol. The van der Waals surface area contributed by atoms with E-state index < -0.39 is 10.0 Å². The maximum absolute atomic E-state index is 13.0. The van der Waals surface area contributed by atoms with Gasteiger partial charge >= 0.3 is 0 Å². The van der Waals surface area contributed by atoms with Crippen LogP contribution >= 0.6 is 0 Å². The highest BCUT2D eigenvalue weighted by molar-refractivity contribution is 7.89. The number of benzene rings is 1. The van der Waals surface area contributed by atoms with Crippen LogP contribution in [-0.4, -0.2) is 55.8 Å². The highest BCUT2D eigenvalue weighted by Crippen LogP contribution is 2.26. The molecule has 1 aliphatic heterocycles. The van der Waals surface area contributed by atoms with Gasteiger partial charge in [0.1, 0.15) is 0 Å². The maximum Gasteiger partial charge on any atom is 0.243 e. The van der Waals surface area contributed by atoms with Gasteiger partial charge in [0, 0.05) is 26.2 Å². The van der Waals surface area contributed by atoms with E-state index in [0.29, 0.717) is 31.1 Å². The molecule has 0 aromatic heterocycles. The van der Waals surface area contributed by atoms with Crippen molar-refractivity contribution in [2.24, 2.45) is 5.73 Å². The highest BCUT2D eigenvalue weighted by atomic mass is 32.2. The molecule has 0 radical (unpaired) electrons. The predicted molar refractivity (Wildman–Crippen MR) is 89.6 cm³/mol. The summed E-state index contributed by atoms with van der Waals surface area (Å²) in [7, 11) is -3.52. The van der Waals surface area contributed by atoms with Crippen molar-refractivity contribution in [2.45, 2.75) is 38.6 Å². The van der Waals surface area contributed by atoms with Crippen LogP contribution in [0.1, 0.15) is 23.6 Å². The Morgan fingerprint density at radius 3 is 2.00 bits per heavy atom. The van der Waals surface area contributed by atoms with Crippen LogP contribution in [0.3, 0.4) is 0 Å². The maximum atomic E-state index is 13.0. The van der Waals surface area contributed by atoms with E-state index in [1.807, 2.05) is 37.8 Å². The Kier molecular flexibility index (Phi) is 5.13. The molecule has 1 fully saturated rings. The Bertz CT molecular complexity index is 684. The van der Waals surface area contributed by atoms with Gasteiger partial charge in [0.25, 0.3) is 0 Å². The molecule has 1 saturated heterocycles. The van der Waals surface area contributed by atoms with Crippen LogP contribution in [0, 0.1) is 20.8 Å². The minimum absolute atomic E-state index is 0.368. The number of primary amides is 1. The lowest BCUT2D eigenvalue weighted by Crippen LogP contribution is -2.54. The Labute approximate surface area is 138 Å². The second-order valence-electron chi connectivity index (χ2n) is 6.25. The van der Waals surface area contributed by atoms with Crippen molar-refractivity contribution in [1.29, 1.82) is 0 Å². The van der Waals surface area contributed by atoms with Gasteiger partial charge in [-0.25, -0.2) is 8.42 Å². The smallest absolute Gasteiger partial charge is 0.243 e. The first kappa shape index (κ1) is 17.9. The Morgan fingerprint density at radius 2 is 1.57 bits per heavy atom. The van der Waals surface area contributed by atoms with Crippen molar-refractivity contribution in [1.82, 2.24) is 9.21 Å². The molecule has 0 spiro atoms. The second kappa shape index (κ2) is 6.59. The number of carbonyl (C=O) groups is 1. The quantitative estimate of drug-likeness (QED) is 0.879. The minimum atomic E-state index is -3.52. The van der Waals surface area contributed by atoms with Crippen molar-refractivity contribution in [3.63, 3.8) is 0 Å². The summed E-state index contributed by atoms with van der Waals surface area (Å²) in [5.74, 6) is -0.383. The first-order valence-corrected chi connectivity index (χ1v) is 9.20. The molecule has 23 heavy (non-hydrogen) atoms. The monoisotopic (exact) mass is 339 g/mol. The molecule has 2 N–H and O–H groups in total. The molecule has 1 atom stereocenters. The van der Waals surface area contributed by atoms with Crippen molar-refractivity contribution >= 4 is 15.9 Å². The molecule has 1 aromatic carbocycles. The van der Waals surface area contributed by atoms with Crippen molar-refractivity contribution in [2.75, 3.05) is 26.2 Å². The summed E-state index contributed by atoms with van der Waals surface area (Å²) in [5, 5.41) is 0. The van der Waals surface area contributed by atoms with Crippen LogP contribution in [0.15, 0.2) is 17.0 Å². The second-order valence-corrected chi connectivity index (χ2v) is 8.12. The number of piperazine rings is 1. The molecule has 1 amide bonds. The molecule has 1 aliphatic rings. The van der Waals surface area contributed by atoms with Gasteiger partial charge in [-0.05, 0) is 38.8 Å². The number of hydrogen-bond acceptors (Lipinski definition) is 4. The molecule has 1 aromatic rings. The summed E-state index contributed by atoms with van der Waals surface area (Å²) in [6.45, 7) is 9.12. The summed E-state index contributed by atoms with van der Waals surface area (Å²) in [4.78, 5) is 13.6. The molecule has 7 heteroatoms. The molecule has 1 heterocycles. The number of hydrogen-bond donors (Lipinski definition) is 1. The van der Waals surface area contributed by atoms with E-state index in [0.717, 1.165) is 16.7 Å². The van der Waals surface area contributed by atoms with Crippen LogP contribution in [0.4, 0.5) is 0 Å². The number of carbonyl (C=O) groups excluding carboxylic acids is 1. The predicted octanol–water partition coefficient (Wildman–Crippen LogP) is 0.792. The van der Waals surface area contributed by atoms with E-state index in [1.165, 1.54) is 4.31 Å². The fourth-order valence-corrected chi connectivity index (χ4v) is 5.05. The van der Waals surface area contributed by atoms with E-state index in [-0.39, 0.29) is 11.9 Å². The summed E-state index contributed by atoms with van der Waals surface area (Å²) >= 11 is 0. The third-order valence-electron chi connectivity index (χ3n) is 4.44. The van der Waals surface area contributed by atoms with Gasteiger partial charge in [-0.3, -0.25) is 9.69 Å². The van der Waals surface area contributed by atoms with E-state index in [1.54, 1.807) is 6.92 Å². The normalized spacial score (nSPS) is 18.8. The first-order valence-electron chi connectivity index (χ1n) is 7.76. The molecule has 2 rings (SSSR count). The van der Waals surface area contributed by atoms with Gasteiger partial charge in [-0.1, -0.05) is 17.7 Å². The lowest BCUT2D eigenvalue weighted by Gasteiger charge is -2.36. The third-order valence-corrected chi connectivity index (χ3v) is 6.64. The fourth-order valence-electron chi connectivity index (χ4n) is 3.21. The minimum Gasteiger partial charge on any atom is -0.368 e. The summed E-state index contributed by atoms with van der Waals surface area (Å²) in [6.07, 6.45) is 0. The number of nitrogens with zero attached hydrogens (tertiary/aromatic N) is 2. The van der Waals surface area contributed by atoms with Gasteiger partial charge in [0.2, 0.25) is 15.9 Å². The highest BCUT2D eigenvalue weighted by Gasteiger charge is 2.32. The molecule has 128 valence electrons. The molecule has 0 bridgehead atoms. The number of aryl methyl sites for hydroxylation is 3. The fraction of sp³-hybridized carbons (Fsp3) is 0.562. The molecule has 1 unspecified atom stereocenters. The Morgan fingerprint density at radius 1 is 1.09 bits per heavy atom.